The van der Waals surface area contributed by atoms with Crippen molar-refractivity contribution in [3.63, 3.8) is 0 Å². The molecule has 0 bridgehead atoms. The molecular formula is C12H15N3O. The van der Waals surface area contributed by atoms with Gasteiger partial charge in [-0.1, -0.05) is 19.3 Å². The van der Waals surface area contributed by atoms with E-state index in [0.29, 0.717) is 6.04 Å². The van der Waals surface area contributed by atoms with Crippen molar-refractivity contribution in [2.45, 2.75) is 38.1 Å². The number of fused-ring (bicyclic) bond motifs is 1. The van der Waals surface area contributed by atoms with Gasteiger partial charge in [-0.25, -0.2) is 4.79 Å². The second-order valence-corrected chi connectivity index (χ2v) is 4.48. The smallest absolute Gasteiger partial charge is 0.305 e. The van der Waals surface area contributed by atoms with Gasteiger partial charge in [0.25, 0.3) is 0 Å². The predicted octanol–water partition coefficient (Wildman–Crippen LogP) is 2.23. The van der Waals surface area contributed by atoms with Crippen LogP contribution in [-0.2, 0) is 0 Å². The summed E-state index contributed by atoms with van der Waals surface area (Å²) in [5.74, 6) is 0. The summed E-state index contributed by atoms with van der Waals surface area (Å²) in [5, 5.41) is 0. The molecule has 1 N–H and O–H groups in total. The molecular weight excluding hydrogens is 202 g/mol. The first-order valence-electron chi connectivity index (χ1n) is 5.90. The Balaban J connectivity index is 2.14. The molecule has 2 aromatic heterocycles. The van der Waals surface area contributed by atoms with Crippen LogP contribution < -0.4 is 5.69 Å². The van der Waals surface area contributed by atoms with Crippen LogP contribution in [0.15, 0.2) is 23.3 Å². The van der Waals surface area contributed by atoms with Crippen molar-refractivity contribution in [1.82, 2.24) is 14.5 Å². The molecule has 1 aliphatic carbocycles. The highest BCUT2D eigenvalue weighted by Crippen LogP contribution is 2.28. The zero-order chi connectivity index (χ0) is 11.0. The minimum absolute atomic E-state index is 0.00917. The van der Waals surface area contributed by atoms with Crippen LogP contribution in [0.4, 0.5) is 0 Å². The highest BCUT2D eigenvalue weighted by Gasteiger charge is 2.19. The van der Waals surface area contributed by atoms with Crippen LogP contribution in [0.5, 0.6) is 0 Å². The van der Waals surface area contributed by atoms with Gasteiger partial charge in [0, 0.05) is 12.2 Å². The summed E-state index contributed by atoms with van der Waals surface area (Å²) < 4.78 is 1.89. The molecule has 0 radical (unpaired) electrons. The number of pyridine rings is 1. The number of hydrogen-bond acceptors (Lipinski definition) is 2. The first-order valence-corrected chi connectivity index (χ1v) is 5.90. The standard InChI is InChI=1S/C12H15N3O/c16-12-14-10-6-7-13-8-11(10)15(12)9-4-2-1-3-5-9/h6-9H,1-5H2,(H,14,16). The summed E-state index contributed by atoms with van der Waals surface area (Å²) in [5.41, 5.74) is 1.85. The zero-order valence-electron chi connectivity index (χ0n) is 9.15. The van der Waals surface area contributed by atoms with E-state index >= 15 is 0 Å². The van der Waals surface area contributed by atoms with Gasteiger partial charge in [0.15, 0.2) is 0 Å². The van der Waals surface area contributed by atoms with E-state index in [9.17, 15) is 4.79 Å². The third-order valence-corrected chi connectivity index (χ3v) is 3.46. The topological polar surface area (TPSA) is 50.7 Å². The van der Waals surface area contributed by atoms with Crippen LogP contribution in [0.2, 0.25) is 0 Å². The third-order valence-electron chi connectivity index (χ3n) is 3.46. The molecule has 3 rings (SSSR count). The molecule has 1 fully saturated rings. The van der Waals surface area contributed by atoms with Crippen molar-refractivity contribution in [3.05, 3.63) is 28.9 Å². The number of nitrogens with one attached hydrogen (secondary N) is 1. The molecule has 84 valence electrons. The van der Waals surface area contributed by atoms with E-state index in [1.54, 1.807) is 12.4 Å². The van der Waals surface area contributed by atoms with Gasteiger partial charge >= 0.3 is 5.69 Å². The number of nitrogens with zero attached hydrogens (tertiary/aromatic N) is 2. The molecule has 0 spiro atoms. The average Bonchev–Trinajstić information content (AvgIpc) is 2.66. The molecule has 1 aliphatic rings. The summed E-state index contributed by atoms with van der Waals surface area (Å²) in [6.07, 6.45) is 9.47. The highest BCUT2D eigenvalue weighted by molar-refractivity contribution is 5.73. The average molecular weight is 217 g/mol. The van der Waals surface area contributed by atoms with Gasteiger partial charge in [-0.3, -0.25) is 9.55 Å². The van der Waals surface area contributed by atoms with Crippen LogP contribution in [0.1, 0.15) is 38.1 Å². The summed E-state index contributed by atoms with van der Waals surface area (Å²) in [4.78, 5) is 18.9. The fourth-order valence-corrected chi connectivity index (χ4v) is 2.67. The summed E-state index contributed by atoms with van der Waals surface area (Å²) in [7, 11) is 0. The van der Waals surface area contributed by atoms with E-state index < -0.39 is 0 Å². The lowest BCUT2D eigenvalue weighted by Crippen LogP contribution is -2.23. The first-order chi connectivity index (χ1) is 7.86. The fourth-order valence-electron chi connectivity index (χ4n) is 2.67. The molecule has 0 atom stereocenters. The largest absolute Gasteiger partial charge is 0.326 e. The molecule has 0 aliphatic heterocycles. The van der Waals surface area contributed by atoms with Gasteiger partial charge < -0.3 is 4.98 Å². The van der Waals surface area contributed by atoms with Gasteiger partial charge in [-0.15, -0.1) is 0 Å². The van der Waals surface area contributed by atoms with Crippen LogP contribution in [0.3, 0.4) is 0 Å². The predicted molar refractivity (Wildman–Crippen MR) is 62.5 cm³/mol. The van der Waals surface area contributed by atoms with E-state index in [1.165, 1.54) is 19.3 Å². The minimum Gasteiger partial charge on any atom is -0.305 e. The maximum atomic E-state index is 11.9. The lowest BCUT2D eigenvalue weighted by atomic mass is 9.95. The summed E-state index contributed by atoms with van der Waals surface area (Å²) in [6, 6.07) is 2.22. The van der Waals surface area contributed by atoms with Gasteiger partial charge in [0.1, 0.15) is 0 Å². The number of H-pyrrole nitrogens is 1. The number of aromatic amines is 1. The van der Waals surface area contributed by atoms with Crippen molar-refractivity contribution < 1.29 is 0 Å². The van der Waals surface area contributed by atoms with E-state index in [-0.39, 0.29) is 5.69 Å². The molecule has 2 aromatic rings. The maximum Gasteiger partial charge on any atom is 0.326 e. The number of imidazole rings is 1. The maximum absolute atomic E-state index is 11.9. The Morgan fingerprint density at radius 3 is 2.94 bits per heavy atom. The zero-order valence-corrected chi connectivity index (χ0v) is 9.15. The molecule has 2 heterocycles. The quantitative estimate of drug-likeness (QED) is 0.796. The number of rotatable bonds is 1. The van der Waals surface area contributed by atoms with Crippen molar-refractivity contribution in [2.24, 2.45) is 0 Å². The van der Waals surface area contributed by atoms with E-state index in [0.717, 1.165) is 23.9 Å². The molecule has 4 nitrogen and oxygen atoms in total. The fraction of sp³-hybridized carbons (Fsp3) is 0.500. The lowest BCUT2D eigenvalue weighted by molar-refractivity contribution is 0.353. The van der Waals surface area contributed by atoms with E-state index in [2.05, 4.69) is 9.97 Å². The second-order valence-electron chi connectivity index (χ2n) is 4.48. The highest BCUT2D eigenvalue weighted by atomic mass is 16.1. The van der Waals surface area contributed by atoms with Gasteiger partial charge in [-0.05, 0) is 18.9 Å². The molecule has 16 heavy (non-hydrogen) atoms. The van der Waals surface area contributed by atoms with Crippen molar-refractivity contribution >= 4 is 11.0 Å². The van der Waals surface area contributed by atoms with Gasteiger partial charge in [0.05, 0.1) is 17.2 Å². The van der Waals surface area contributed by atoms with Crippen molar-refractivity contribution in [1.29, 1.82) is 0 Å². The first kappa shape index (κ1) is 9.63. The Labute approximate surface area is 93.3 Å². The van der Waals surface area contributed by atoms with Crippen molar-refractivity contribution in [2.75, 3.05) is 0 Å². The number of hydrogen-bond donors (Lipinski definition) is 1. The Kier molecular flexibility index (Phi) is 2.27. The van der Waals surface area contributed by atoms with Crippen LogP contribution in [-0.4, -0.2) is 14.5 Å². The SMILES string of the molecule is O=c1[nH]c2ccncc2n1C1CCCCC1. The van der Waals surface area contributed by atoms with Crippen LogP contribution in [0, 0.1) is 0 Å². The Morgan fingerprint density at radius 2 is 2.12 bits per heavy atom. The van der Waals surface area contributed by atoms with Gasteiger partial charge in [-0.2, -0.15) is 0 Å². The number of aromatic nitrogens is 3. The minimum atomic E-state index is 0.00917. The van der Waals surface area contributed by atoms with Gasteiger partial charge in [0.2, 0.25) is 0 Å². The monoisotopic (exact) mass is 217 g/mol. The molecule has 4 heteroatoms. The Morgan fingerprint density at radius 1 is 1.31 bits per heavy atom. The normalized spacial score (nSPS) is 18.0. The van der Waals surface area contributed by atoms with E-state index in [1.807, 2.05) is 10.6 Å². The Hall–Kier alpha value is -1.58. The molecule has 0 saturated heterocycles. The van der Waals surface area contributed by atoms with Crippen molar-refractivity contribution in [3.8, 4) is 0 Å². The molecule has 0 unspecified atom stereocenters. The molecule has 1 saturated carbocycles. The lowest BCUT2D eigenvalue weighted by Gasteiger charge is -2.22. The summed E-state index contributed by atoms with van der Waals surface area (Å²) in [6.45, 7) is 0. The molecule has 0 aromatic carbocycles. The van der Waals surface area contributed by atoms with E-state index in [4.69, 9.17) is 0 Å². The van der Waals surface area contributed by atoms with Crippen LogP contribution >= 0.6 is 0 Å². The second kappa shape index (κ2) is 3.77. The van der Waals surface area contributed by atoms with Crippen LogP contribution in [0.25, 0.3) is 11.0 Å². The summed E-state index contributed by atoms with van der Waals surface area (Å²) >= 11 is 0. The third kappa shape index (κ3) is 1.45. The Bertz CT molecular complexity index is 549. The molecule has 0 amide bonds.